The fourth-order valence-corrected chi connectivity index (χ4v) is 4.83. The predicted molar refractivity (Wildman–Crippen MR) is 145 cm³/mol. The standard InChI is InChI=1S/C28H30N6O3/c1-30-15-5-10-24(35)33-16-6-7-20(17-33)34-18-23(25-26(34)28(36)32-31-27(25)29)19-11-13-22(14-12-19)37-21-8-3-2-4-9-21/h2-5,8-14,18,20,30H,6-7,15-17H2,1H3,(H2,29,31)(H,32,36)/b10-5+. The molecular formula is C28H30N6O3. The molecule has 1 atom stereocenters. The molecule has 9 nitrogen and oxygen atoms in total. The number of amides is 1. The molecule has 2 aromatic heterocycles. The average Bonchev–Trinajstić information content (AvgIpc) is 3.34. The maximum Gasteiger partial charge on any atom is 0.288 e. The Hall–Kier alpha value is -4.37. The molecule has 1 amide bonds. The Morgan fingerprint density at radius 1 is 1.19 bits per heavy atom. The zero-order chi connectivity index (χ0) is 25.8. The van der Waals surface area contributed by atoms with Crippen molar-refractivity contribution in [3.8, 4) is 22.6 Å². The topological polar surface area (TPSA) is 118 Å². The fraction of sp³-hybridized carbons (Fsp3) is 0.250. The monoisotopic (exact) mass is 498 g/mol. The van der Waals surface area contributed by atoms with E-state index in [2.05, 4.69) is 15.5 Å². The molecule has 1 aliphatic rings. The summed E-state index contributed by atoms with van der Waals surface area (Å²) in [6, 6.07) is 17.2. The number of carbonyl (C=O) groups is 1. The van der Waals surface area contributed by atoms with Crippen LogP contribution in [0.3, 0.4) is 0 Å². The molecule has 0 aliphatic carbocycles. The molecule has 0 radical (unpaired) electrons. The molecule has 2 aromatic carbocycles. The van der Waals surface area contributed by atoms with Crippen molar-refractivity contribution in [2.45, 2.75) is 18.9 Å². The first-order valence-corrected chi connectivity index (χ1v) is 12.4. The Morgan fingerprint density at radius 3 is 2.70 bits per heavy atom. The normalized spacial score (nSPS) is 15.9. The number of para-hydroxylation sites is 1. The number of benzene rings is 2. The van der Waals surface area contributed by atoms with Crippen LogP contribution in [-0.2, 0) is 4.79 Å². The van der Waals surface area contributed by atoms with E-state index in [0.29, 0.717) is 36.3 Å². The quantitative estimate of drug-likeness (QED) is 0.334. The minimum atomic E-state index is -0.308. The average molecular weight is 499 g/mol. The lowest BCUT2D eigenvalue weighted by Crippen LogP contribution is -2.40. The van der Waals surface area contributed by atoms with Crippen LogP contribution in [0, 0.1) is 0 Å². The number of carbonyl (C=O) groups excluding carboxylic acids is 1. The van der Waals surface area contributed by atoms with Crippen molar-refractivity contribution in [3.63, 3.8) is 0 Å². The Kier molecular flexibility index (Phi) is 7.04. The van der Waals surface area contributed by atoms with Crippen LogP contribution in [0.15, 0.2) is 77.7 Å². The van der Waals surface area contributed by atoms with E-state index in [1.54, 1.807) is 6.08 Å². The summed E-state index contributed by atoms with van der Waals surface area (Å²) in [4.78, 5) is 27.5. The predicted octanol–water partition coefficient (Wildman–Crippen LogP) is 3.71. The number of rotatable bonds is 7. The summed E-state index contributed by atoms with van der Waals surface area (Å²) in [7, 11) is 1.84. The number of piperidine rings is 1. The molecule has 1 fully saturated rings. The molecule has 0 bridgehead atoms. The summed E-state index contributed by atoms with van der Waals surface area (Å²) < 4.78 is 7.89. The first kappa shape index (κ1) is 24.3. The highest BCUT2D eigenvalue weighted by atomic mass is 16.5. The summed E-state index contributed by atoms with van der Waals surface area (Å²) in [6.07, 6.45) is 7.07. The Morgan fingerprint density at radius 2 is 1.95 bits per heavy atom. The molecule has 9 heteroatoms. The molecular weight excluding hydrogens is 468 g/mol. The van der Waals surface area contributed by atoms with Crippen LogP contribution >= 0.6 is 0 Å². The molecule has 5 rings (SSSR count). The molecule has 4 N–H and O–H groups in total. The second-order valence-electron chi connectivity index (χ2n) is 9.09. The molecule has 37 heavy (non-hydrogen) atoms. The highest BCUT2D eigenvalue weighted by Crippen LogP contribution is 2.36. The van der Waals surface area contributed by atoms with Gasteiger partial charge in [-0.3, -0.25) is 9.59 Å². The van der Waals surface area contributed by atoms with Gasteiger partial charge in [-0.25, -0.2) is 5.10 Å². The molecule has 0 spiro atoms. The van der Waals surface area contributed by atoms with Crippen LogP contribution in [0.1, 0.15) is 18.9 Å². The number of aromatic nitrogens is 3. The summed E-state index contributed by atoms with van der Waals surface area (Å²) in [5, 5.41) is 10.2. The summed E-state index contributed by atoms with van der Waals surface area (Å²) >= 11 is 0. The van der Waals surface area contributed by atoms with Crippen molar-refractivity contribution in [3.05, 3.63) is 83.3 Å². The highest BCUT2D eigenvalue weighted by Gasteiger charge is 2.27. The van der Waals surface area contributed by atoms with E-state index in [9.17, 15) is 9.59 Å². The van der Waals surface area contributed by atoms with E-state index in [-0.39, 0.29) is 23.3 Å². The largest absolute Gasteiger partial charge is 0.457 e. The summed E-state index contributed by atoms with van der Waals surface area (Å²) in [6.45, 7) is 1.83. The van der Waals surface area contributed by atoms with E-state index in [1.165, 1.54) is 0 Å². The van der Waals surface area contributed by atoms with Crippen LogP contribution in [0.5, 0.6) is 11.5 Å². The van der Waals surface area contributed by atoms with Crippen molar-refractivity contribution >= 4 is 22.6 Å². The number of hydrogen-bond acceptors (Lipinski definition) is 6. The number of H-pyrrole nitrogens is 1. The number of nitrogens with two attached hydrogens (primary N) is 1. The van der Waals surface area contributed by atoms with Crippen molar-refractivity contribution < 1.29 is 9.53 Å². The zero-order valence-corrected chi connectivity index (χ0v) is 20.7. The molecule has 3 heterocycles. The van der Waals surface area contributed by atoms with Crippen LogP contribution < -0.4 is 21.3 Å². The van der Waals surface area contributed by atoms with Gasteiger partial charge in [0.2, 0.25) is 5.91 Å². The van der Waals surface area contributed by atoms with Gasteiger partial charge in [-0.05, 0) is 49.7 Å². The lowest BCUT2D eigenvalue weighted by Gasteiger charge is -2.33. The van der Waals surface area contributed by atoms with Gasteiger partial charge in [-0.1, -0.05) is 36.4 Å². The number of nitrogen functional groups attached to an aromatic ring is 1. The van der Waals surface area contributed by atoms with E-state index in [4.69, 9.17) is 10.5 Å². The minimum Gasteiger partial charge on any atom is -0.457 e. The fourth-order valence-electron chi connectivity index (χ4n) is 4.83. The van der Waals surface area contributed by atoms with Gasteiger partial charge in [-0.15, -0.1) is 0 Å². The van der Waals surface area contributed by atoms with Gasteiger partial charge in [0.25, 0.3) is 5.56 Å². The Balaban J connectivity index is 1.48. The van der Waals surface area contributed by atoms with Crippen molar-refractivity contribution in [1.29, 1.82) is 0 Å². The lowest BCUT2D eigenvalue weighted by molar-refractivity contribution is -0.127. The third kappa shape index (κ3) is 5.12. The molecule has 4 aromatic rings. The zero-order valence-electron chi connectivity index (χ0n) is 20.7. The number of fused-ring (bicyclic) bond motifs is 1. The molecule has 190 valence electrons. The number of ether oxygens (including phenoxy) is 1. The third-order valence-corrected chi connectivity index (χ3v) is 6.61. The number of nitrogens with one attached hydrogen (secondary N) is 2. The summed E-state index contributed by atoms with van der Waals surface area (Å²) in [5.41, 5.74) is 8.15. The maximum absolute atomic E-state index is 13.0. The van der Waals surface area contributed by atoms with Crippen molar-refractivity contribution in [2.75, 3.05) is 32.4 Å². The summed E-state index contributed by atoms with van der Waals surface area (Å²) in [5.74, 6) is 1.69. The van der Waals surface area contributed by atoms with E-state index in [0.717, 1.165) is 29.7 Å². The Labute approximate surface area is 214 Å². The maximum atomic E-state index is 13.0. The number of anilines is 1. The Bertz CT molecular complexity index is 1470. The molecule has 1 saturated heterocycles. The van der Waals surface area contributed by atoms with Gasteiger partial charge >= 0.3 is 0 Å². The molecule has 1 aliphatic heterocycles. The molecule has 0 saturated carbocycles. The third-order valence-electron chi connectivity index (χ3n) is 6.61. The second-order valence-corrected chi connectivity index (χ2v) is 9.09. The van der Waals surface area contributed by atoms with Gasteiger partial charge < -0.3 is 25.3 Å². The molecule has 1 unspecified atom stereocenters. The number of likely N-dealkylation sites (N-methyl/N-ethyl adjacent to an activating group) is 1. The van der Waals surface area contributed by atoms with E-state index >= 15 is 0 Å². The van der Waals surface area contributed by atoms with Crippen LogP contribution in [0.2, 0.25) is 0 Å². The van der Waals surface area contributed by atoms with Gasteiger partial charge in [0, 0.05) is 37.5 Å². The van der Waals surface area contributed by atoms with E-state index < -0.39 is 0 Å². The number of likely N-dealkylation sites (tertiary alicyclic amines) is 1. The van der Waals surface area contributed by atoms with Crippen LogP contribution in [0.25, 0.3) is 22.0 Å². The number of nitrogens with zero attached hydrogens (tertiary/aromatic N) is 3. The van der Waals surface area contributed by atoms with Crippen molar-refractivity contribution in [2.24, 2.45) is 0 Å². The van der Waals surface area contributed by atoms with Crippen LogP contribution in [0.4, 0.5) is 5.82 Å². The second kappa shape index (κ2) is 10.7. The van der Waals surface area contributed by atoms with Gasteiger partial charge in [0.1, 0.15) is 17.0 Å². The minimum absolute atomic E-state index is 0.0271. The first-order valence-electron chi connectivity index (χ1n) is 12.4. The van der Waals surface area contributed by atoms with Gasteiger partial charge in [0.05, 0.1) is 11.4 Å². The highest BCUT2D eigenvalue weighted by molar-refractivity contribution is 6.02. The smallest absolute Gasteiger partial charge is 0.288 e. The number of hydrogen-bond donors (Lipinski definition) is 3. The van der Waals surface area contributed by atoms with E-state index in [1.807, 2.05) is 83.4 Å². The van der Waals surface area contributed by atoms with Gasteiger partial charge in [0.15, 0.2) is 5.82 Å². The number of aromatic amines is 1. The SMILES string of the molecule is CNC/C=C/C(=O)N1CCCC(n2cc(-c3ccc(Oc4ccccc4)cc3)c3c(N)n[nH]c(=O)c32)C1. The lowest BCUT2D eigenvalue weighted by atomic mass is 10.1. The van der Waals surface area contributed by atoms with Crippen LogP contribution in [-0.4, -0.2) is 52.3 Å². The van der Waals surface area contributed by atoms with Gasteiger partial charge in [-0.2, -0.15) is 5.10 Å². The first-order chi connectivity index (χ1) is 18.0. The van der Waals surface area contributed by atoms with Crippen molar-refractivity contribution in [1.82, 2.24) is 25.0 Å².